The molecule has 0 bridgehead atoms. The molecule has 0 spiro atoms. The lowest BCUT2D eigenvalue weighted by atomic mass is 10.0. The maximum atomic E-state index is 12.0. The standard InChI is InChI=1S/C14H21N3O3/c1-3-11-6-8-17(10-12(11)4-2)14(19)16-7-5-9-20-13(15)18/h3-4H,1-2,5-10H2,(H2,15,18)(H,16,19). The van der Waals surface area contributed by atoms with Crippen LogP contribution in [0.4, 0.5) is 9.59 Å². The number of ether oxygens (including phenoxy) is 1. The lowest BCUT2D eigenvalue weighted by Gasteiger charge is -2.29. The molecule has 6 heteroatoms. The number of nitrogens with one attached hydrogen (secondary N) is 1. The summed E-state index contributed by atoms with van der Waals surface area (Å²) >= 11 is 0. The van der Waals surface area contributed by atoms with Crippen molar-refractivity contribution in [1.82, 2.24) is 10.2 Å². The number of nitrogens with two attached hydrogens (primary N) is 1. The van der Waals surface area contributed by atoms with Crippen LogP contribution in [-0.4, -0.2) is 43.3 Å². The average Bonchev–Trinajstić information content (AvgIpc) is 2.45. The van der Waals surface area contributed by atoms with Gasteiger partial charge >= 0.3 is 12.1 Å². The lowest BCUT2D eigenvalue weighted by Crippen LogP contribution is -2.43. The van der Waals surface area contributed by atoms with Crippen molar-refractivity contribution in [3.63, 3.8) is 0 Å². The SMILES string of the molecule is C=CC1=C(C=C)CN(C(=O)NCCCOC(N)=O)CC1. The molecule has 0 unspecified atom stereocenters. The van der Waals surface area contributed by atoms with E-state index in [9.17, 15) is 9.59 Å². The van der Waals surface area contributed by atoms with Crippen molar-refractivity contribution in [3.8, 4) is 0 Å². The van der Waals surface area contributed by atoms with Crippen LogP contribution in [0.3, 0.4) is 0 Å². The van der Waals surface area contributed by atoms with E-state index < -0.39 is 6.09 Å². The third kappa shape index (κ3) is 4.79. The van der Waals surface area contributed by atoms with E-state index >= 15 is 0 Å². The third-order valence-electron chi connectivity index (χ3n) is 3.05. The van der Waals surface area contributed by atoms with Gasteiger partial charge in [-0.1, -0.05) is 25.3 Å². The van der Waals surface area contributed by atoms with Gasteiger partial charge in [0, 0.05) is 19.6 Å². The number of hydrogen-bond acceptors (Lipinski definition) is 3. The first-order valence-corrected chi connectivity index (χ1v) is 6.50. The van der Waals surface area contributed by atoms with Crippen LogP contribution >= 0.6 is 0 Å². The Morgan fingerprint density at radius 2 is 2.05 bits per heavy atom. The summed E-state index contributed by atoms with van der Waals surface area (Å²) in [4.78, 5) is 24.0. The van der Waals surface area contributed by atoms with E-state index in [-0.39, 0.29) is 12.6 Å². The lowest BCUT2D eigenvalue weighted by molar-refractivity contribution is 0.155. The molecule has 3 amide bonds. The minimum Gasteiger partial charge on any atom is -0.450 e. The highest BCUT2D eigenvalue weighted by atomic mass is 16.5. The predicted molar refractivity (Wildman–Crippen MR) is 77.2 cm³/mol. The van der Waals surface area contributed by atoms with E-state index in [0.29, 0.717) is 26.1 Å². The first-order valence-electron chi connectivity index (χ1n) is 6.50. The monoisotopic (exact) mass is 279 g/mol. The molecule has 6 nitrogen and oxygen atoms in total. The van der Waals surface area contributed by atoms with Crippen molar-refractivity contribution in [1.29, 1.82) is 0 Å². The van der Waals surface area contributed by atoms with Crippen LogP contribution in [0.2, 0.25) is 0 Å². The Morgan fingerprint density at radius 1 is 1.35 bits per heavy atom. The second-order valence-corrected chi connectivity index (χ2v) is 4.38. The number of allylic oxidation sites excluding steroid dienone is 1. The normalized spacial score (nSPS) is 14.7. The second kappa shape index (κ2) is 8.04. The molecule has 0 saturated heterocycles. The van der Waals surface area contributed by atoms with Gasteiger partial charge in [0.2, 0.25) is 0 Å². The first-order chi connectivity index (χ1) is 9.58. The summed E-state index contributed by atoms with van der Waals surface area (Å²) in [6, 6.07) is -0.133. The molecule has 0 aromatic heterocycles. The summed E-state index contributed by atoms with van der Waals surface area (Å²) in [5, 5.41) is 2.78. The number of amides is 3. The summed E-state index contributed by atoms with van der Waals surface area (Å²) in [5.74, 6) is 0. The number of carbonyl (C=O) groups excluding carboxylic acids is 2. The molecule has 1 aliphatic rings. The Morgan fingerprint density at radius 3 is 2.65 bits per heavy atom. The van der Waals surface area contributed by atoms with Crippen LogP contribution in [0.15, 0.2) is 36.5 Å². The quantitative estimate of drug-likeness (QED) is 0.723. The fourth-order valence-corrected chi connectivity index (χ4v) is 1.96. The molecule has 1 aliphatic heterocycles. The molecular formula is C14H21N3O3. The Bertz CT molecular complexity index is 429. The topological polar surface area (TPSA) is 84.7 Å². The van der Waals surface area contributed by atoms with Crippen molar-refractivity contribution >= 4 is 12.1 Å². The fraction of sp³-hybridized carbons (Fsp3) is 0.429. The average molecular weight is 279 g/mol. The molecule has 1 heterocycles. The van der Waals surface area contributed by atoms with Crippen LogP contribution in [0, 0.1) is 0 Å². The first kappa shape index (κ1) is 15.8. The number of primary amides is 1. The number of urea groups is 1. The van der Waals surface area contributed by atoms with Gasteiger partial charge in [0.1, 0.15) is 0 Å². The smallest absolute Gasteiger partial charge is 0.404 e. The molecular weight excluding hydrogens is 258 g/mol. The summed E-state index contributed by atoms with van der Waals surface area (Å²) in [7, 11) is 0. The van der Waals surface area contributed by atoms with Gasteiger partial charge in [0.05, 0.1) is 6.61 Å². The van der Waals surface area contributed by atoms with Gasteiger partial charge in [-0.2, -0.15) is 0 Å². The number of nitrogens with zero attached hydrogens (tertiary/aromatic N) is 1. The Balaban J connectivity index is 2.35. The van der Waals surface area contributed by atoms with E-state index in [1.807, 2.05) is 6.08 Å². The van der Waals surface area contributed by atoms with Crippen molar-refractivity contribution in [2.24, 2.45) is 5.73 Å². The summed E-state index contributed by atoms with van der Waals surface area (Å²) in [6.07, 6.45) is 4.09. The van der Waals surface area contributed by atoms with Crippen LogP contribution in [-0.2, 0) is 4.74 Å². The number of rotatable bonds is 6. The summed E-state index contributed by atoms with van der Waals surface area (Å²) in [6.45, 7) is 9.34. The van der Waals surface area contributed by atoms with Gasteiger partial charge < -0.3 is 20.7 Å². The van der Waals surface area contributed by atoms with Gasteiger partial charge in [0.25, 0.3) is 0 Å². The molecule has 0 aromatic rings. The van der Waals surface area contributed by atoms with Crippen molar-refractivity contribution in [3.05, 3.63) is 36.5 Å². The van der Waals surface area contributed by atoms with Crippen LogP contribution in [0.1, 0.15) is 12.8 Å². The summed E-state index contributed by atoms with van der Waals surface area (Å²) < 4.78 is 4.57. The van der Waals surface area contributed by atoms with Gasteiger partial charge in [-0.3, -0.25) is 0 Å². The van der Waals surface area contributed by atoms with Crippen molar-refractivity contribution < 1.29 is 14.3 Å². The van der Waals surface area contributed by atoms with Gasteiger partial charge in [0.15, 0.2) is 0 Å². The van der Waals surface area contributed by atoms with Crippen LogP contribution < -0.4 is 11.1 Å². The molecule has 1 rings (SSSR count). The van der Waals surface area contributed by atoms with E-state index in [2.05, 4.69) is 23.2 Å². The highest BCUT2D eigenvalue weighted by Crippen LogP contribution is 2.19. The maximum absolute atomic E-state index is 12.0. The number of carbonyl (C=O) groups is 2. The Hall–Kier alpha value is -2.24. The zero-order valence-electron chi connectivity index (χ0n) is 11.6. The molecule has 0 atom stereocenters. The molecule has 0 aromatic carbocycles. The third-order valence-corrected chi connectivity index (χ3v) is 3.05. The highest BCUT2D eigenvalue weighted by molar-refractivity contribution is 5.75. The second-order valence-electron chi connectivity index (χ2n) is 4.38. The zero-order valence-corrected chi connectivity index (χ0v) is 11.6. The van der Waals surface area contributed by atoms with Gasteiger partial charge in [-0.15, -0.1) is 0 Å². The minimum atomic E-state index is -0.801. The molecule has 110 valence electrons. The highest BCUT2D eigenvalue weighted by Gasteiger charge is 2.19. The Kier molecular flexibility index (Phi) is 6.36. The zero-order chi connectivity index (χ0) is 15.0. The van der Waals surface area contributed by atoms with Crippen molar-refractivity contribution in [2.75, 3.05) is 26.2 Å². The molecule has 0 saturated carbocycles. The van der Waals surface area contributed by atoms with Gasteiger partial charge in [-0.25, -0.2) is 9.59 Å². The van der Waals surface area contributed by atoms with Crippen molar-refractivity contribution in [2.45, 2.75) is 12.8 Å². The molecule has 0 radical (unpaired) electrons. The molecule has 20 heavy (non-hydrogen) atoms. The minimum absolute atomic E-state index is 0.133. The molecule has 0 fully saturated rings. The van der Waals surface area contributed by atoms with E-state index in [4.69, 9.17) is 5.73 Å². The number of hydrogen-bond donors (Lipinski definition) is 2. The van der Waals surface area contributed by atoms with E-state index in [1.54, 1.807) is 11.0 Å². The van der Waals surface area contributed by atoms with E-state index in [0.717, 1.165) is 17.6 Å². The maximum Gasteiger partial charge on any atom is 0.404 e. The van der Waals surface area contributed by atoms with Crippen LogP contribution in [0.25, 0.3) is 0 Å². The Labute approximate surface area is 118 Å². The molecule has 3 N–H and O–H groups in total. The molecule has 0 aliphatic carbocycles. The fourth-order valence-electron chi connectivity index (χ4n) is 1.96. The summed E-state index contributed by atoms with van der Waals surface area (Å²) in [5.41, 5.74) is 6.99. The van der Waals surface area contributed by atoms with Gasteiger partial charge in [-0.05, 0) is 24.0 Å². The van der Waals surface area contributed by atoms with E-state index in [1.165, 1.54) is 0 Å². The predicted octanol–water partition coefficient (Wildman–Crippen LogP) is 1.56. The largest absolute Gasteiger partial charge is 0.450 e. The van der Waals surface area contributed by atoms with Crippen LogP contribution in [0.5, 0.6) is 0 Å².